The molecule has 1 aliphatic heterocycles. The van der Waals surface area contributed by atoms with Gasteiger partial charge in [0.25, 0.3) is 0 Å². The fraction of sp³-hybridized carbons (Fsp3) is 0.619. The number of carbonyl (C=O) groups excluding carboxylic acids is 1. The van der Waals surface area contributed by atoms with Gasteiger partial charge in [0.2, 0.25) is 0 Å². The van der Waals surface area contributed by atoms with Gasteiger partial charge in [-0.2, -0.15) is 0 Å². The molecule has 0 bridgehead atoms. The van der Waals surface area contributed by atoms with Gasteiger partial charge in [-0.1, -0.05) is 36.6 Å². The summed E-state index contributed by atoms with van der Waals surface area (Å²) in [5.74, 6) is -1.72. The number of halogens is 1. The van der Waals surface area contributed by atoms with Crippen molar-refractivity contribution in [2.45, 2.75) is 70.4 Å². The zero-order valence-electron chi connectivity index (χ0n) is 16.2. The van der Waals surface area contributed by atoms with Crippen LogP contribution in [0, 0.1) is 5.41 Å². The van der Waals surface area contributed by atoms with E-state index in [0.717, 1.165) is 25.7 Å². The van der Waals surface area contributed by atoms with E-state index < -0.39 is 29.6 Å². The van der Waals surface area contributed by atoms with E-state index in [4.69, 9.17) is 16.3 Å². The third-order valence-corrected chi connectivity index (χ3v) is 5.97. The van der Waals surface area contributed by atoms with Crippen molar-refractivity contribution in [3.05, 3.63) is 34.9 Å². The van der Waals surface area contributed by atoms with Gasteiger partial charge < -0.3 is 14.7 Å². The summed E-state index contributed by atoms with van der Waals surface area (Å²) in [4.78, 5) is 26.8. The predicted octanol–water partition coefficient (Wildman–Crippen LogP) is 5.08. The lowest BCUT2D eigenvalue weighted by atomic mass is 9.80. The molecule has 2 fully saturated rings. The first kappa shape index (κ1) is 20.0. The van der Waals surface area contributed by atoms with Gasteiger partial charge >= 0.3 is 12.1 Å². The molecule has 1 aliphatic carbocycles. The minimum Gasteiger partial charge on any atom is -0.481 e. The Hall–Kier alpha value is -1.75. The maximum absolute atomic E-state index is 12.9. The van der Waals surface area contributed by atoms with Crippen molar-refractivity contribution in [1.82, 2.24) is 4.90 Å². The zero-order chi connectivity index (χ0) is 19.8. The van der Waals surface area contributed by atoms with Crippen LogP contribution in [0.3, 0.4) is 0 Å². The lowest BCUT2D eigenvalue weighted by molar-refractivity contribution is -0.140. The fourth-order valence-corrected chi connectivity index (χ4v) is 4.73. The van der Waals surface area contributed by atoms with Gasteiger partial charge in [-0.25, -0.2) is 4.79 Å². The predicted molar refractivity (Wildman–Crippen MR) is 104 cm³/mol. The topological polar surface area (TPSA) is 66.8 Å². The lowest BCUT2D eigenvalue weighted by Gasteiger charge is -2.31. The highest BCUT2D eigenvalue weighted by Gasteiger charge is 2.52. The number of aliphatic carboxylic acids is 1. The molecule has 1 heterocycles. The van der Waals surface area contributed by atoms with Crippen molar-refractivity contribution in [3.63, 3.8) is 0 Å². The van der Waals surface area contributed by atoms with E-state index in [1.807, 2.05) is 20.8 Å². The Morgan fingerprint density at radius 2 is 1.81 bits per heavy atom. The van der Waals surface area contributed by atoms with Crippen LogP contribution >= 0.6 is 11.6 Å². The standard InChI is InChI=1S/C21H28ClNO4/c1-20(2,3)27-19(26)23-13-21(10-4-5-11-21)12-16(23)17(18(24)25)14-6-8-15(22)9-7-14/h6-9,16-17H,4-5,10-13H2,1-3H3,(H,24,25)/t16?,17-/m0/s1. The van der Waals surface area contributed by atoms with E-state index in [2.05, 4.69) is 0 Å². The van der Waals surface area contributed by atoms with Gasteiger partial charge in [0.15, 0.2) is 0 Å². The molecular weight excluding hydrogens is 366 g/mol. The molecule has 1 saturated heterocycles. The number of amides is 1. The normalized spacial score (nSPS) is 22.8. The van der Waals surface area contributed by atoms with Crippen molar-refractivity contribution in [2.75, 3.05) is 6.54 Å². The molecule has 27 heavy (non-hydrogen) atoms. The molecule has 0 aromatic heterocycles. The van der Waals surface area contributed by atoms with Gasteiger partial charge in [0, 0.05) is 11.6 Å². The maximum atomic E-state index is 12.9. The van der Waals surface area contributed by atoms with Crippen LogP contribution in [-0.2, 0) is 9.53 Å². The molecule has 1 amide bonds. The number of carboxylic acids is 1. The summed E-state index contributed by atoms with van der Waals surface area (Å²) in [6.45, 7) is 6.06. The lowest BCUT2D eigenvalue weighted by Crippen LogP contribution is -2.44. The summed E-state index contributed by atoms with van der Waals surface area (Å²) in [6, 6.07) is 6.47. The summed E-state index contributed by atoms with van der Waals surface area (Å²) < 4.78 is 5.61. The van der Waals surface area contributed by atoms with Crippen LogP contribution in [0.1, 0.15) is 64.4 Å². The van der Waals surface area contributed by atoms with E-state index in [-0.39, 0.29) is 5.41 Å². The van der Waals surface area contributed by atoms with Gasteiger partial charge in [-0.15, -0.1) is 0 Å². The van der Waals surface area contributed by atoms with Crippen LogP contribution in [0.4, 0.5) is 4.79 Å². The minimum absolute atomic E-state index is 0.0156. The third kappa shape index (κ3) is 4.40. The smallest absolute Gasteiger partial charge is 0.410 e. The van der Waals surface area contributed by atoms with Gasteiger partial charge in [0.1, 0.15) is 11.5 Å². The largest absolute Gasteiger partial charge is 0.481 e. The first-order chi connectivity index (χ1) is 12.6. The van der Waals surface area contributed by atoms with Crippen molar-refractivity contribution < 1.29 is 19.4 Å². The van der Waals surface area contributed by atoms with Crippen LogP contribution in [0.25, 0.3) is 0 Å². The Labute approximate surface area is 165 Å². The average Bonchev–Trinajstić information content (AvgIpc) is 3.15. The Bertz CT molecular complexity index is 704. The molecule has 3 rings (SSSR count). The van der Waals surface area contributed by atoms with Crippen molar-refractivity contribution in [1.29, 1.82) is 0 Å². The second kappa shape index (κ2) is 7.34. The Balaban J connectivity index is 1.95. The summed E-state index contributed by atoms with van der Waals surface area (Å²) >= 11 is 5.97. The molecule has 1 N–H and O–H groups in total. The van der Waals surface area contributed by atoms with E-state index in [1.165, 1.54) is 0 Å². The minimum atomic E-state index is -0.925. The monoisotopic (exact) mass is 393 g/mol. The fourth-order valence-electron chi connectivity index (χ4n) is 4.60. The summed E-state index contributed by atoms with van der Waals surface area (Å²) in [7, 11) is 0. The van der Waals surface area contributed by atoms with Crippen LogP contribution in [0.15, 0.2) is 24.3 Å². The molecule has 1 aromatic rings. The second-order valence-corrected chi connectivity index (χ2v) is 9.39. The van der Waals surface area contributed by atoms with Crippen molar-refractivity contribution in [3.8, 4) is 0 Å². The van der Waals surface area contributed by atoms with Crippen LogP contribution < -0.4 is 0 Å². The highest BCUT2D eigenvalue weighted by Crippen LogP contribution is 2.50. The van der Waals surface area contributed by atoms with Crippen LogP contribution in [-0.4, -0.2) is 40.3 Å². The first-order valence-electron chi connectivity index (χ1n) is 9.58. The van der Waals surface area contributed by atoms with E-state index in [1.54, 1.807) is 29.2 Å². The second-order valence-electron chi connectivity index (χ2n) is 8.95. The highest BCUT2D eigenvalue weighted by atomic mass is 35.5. The number of carboxylic acid groups (broad SMARTS) is 1. The zero-order valence-corrected chi connectivity index (χ0v) is 17.0. The summed E-state index contributed by atoms with van der Waals surface area (Å²) in [5.41, 5.74) is 0.0637. The van der Waals surface area contributed by atoms with Gasteiger partial charge in [-0.05, 0) is 63.1 Å². The number of hydrogen-bond donors (Lipinski definition) is 1. The van der Waals surface area contributed by atoms with E-state index in [9.17, 15) is 14.7 Å². The molecule has 6 heteroatoms. The number of rotatable bonds is 3. The van der Waals surface area contributed by atoms with Crippen LogP contribution in [0.5, 0.6) is 0 Å². The Morgan fingerprint density at radius 3 is 2.33 bits per heavy atom. The van der Waals surface area contributed by atoms with Gasteiger partial charge in [-0.3, -0.25) is 4.79 Å². The van der Waals surface area contributed by atoms with Crippen molar-refractivity contribution in [2.24, 2.45) is 5.41 Å². The molecule has 1 spiro atoms. The Kier molecular flexibility index (Phi) is 5.44. The van der Waals surface area contributed by atoms with Crippen LogP contribution in [0.2, 0.25) is 5.02 Å². The molecular formula is C21H28ClNO4. The molecule has 0 radical (unpaired) electrons. The molecule has 1 unspecified atom stereocenters. The number of nitrogens with zero attached hydrogens (tertiary/aromatic N) is 1. The molecule has 2 atom stereocenters. The number of hydrogen-bond acceptors (Lipinski definition) is 3. The SMILES string of the molecule is CC(C)(C)OC(=O)N1CC2(CCCC2)CC1[C@@H](C(=O)O)c1ccc(Cl)cc1. The maximum Gasteiger partial charge on any atom is 0.410 e. The Morgan fingerprint density at radius 1 is 1.22 bits per heavy atom. The average molecular weight is 394 g/mol. The number of ether oxygens (including phenoxy) is 1. The molecule has 5 nitrogen and oxygen atoms in total. The number of benzene rings is 1. The molecule has 148 valence electrons. The van der Waals surface area contributed by atoms with E-state index >= 15 is 0 Å². The first-order valence-corrected chi connectivity index (χ1v) is 9.96. The number of carbonyl (C=O) groups is 2. The summed E-state index contributed by atoms with van der Waals surface area (Å²) in [6.07, 6.45) is 4.62. The quantitative estimate of drug-likeness (QED) is 0.777. The van der Waals surface area contributed by atoms with Crippen molar-refractivity contribution >= 4 is 23.7 Å². The molecule has 2 aliphatic rings. The summed E-state index contributed by atoms with van der Waals surface area (Å²) in [5, 5.41) is 10.6. The molecule has 1 saturated carbocycles. The van der Waals surface area contributed by atoms with E-state index in [0.29, 0.717) is 23.6 Å². The highest BCUT2D eigenvalue weighted by molar-refractivity contribution is 6.30. The number of likely N-dealkylation sites (tertiary alicyclic amines) is 1. The third-order valence-electron chi connectivity index (χ3n) is 5.72. The molecule has 1 aromatic carbocycles. The van der Waals surface area contributed by atoms with Gasteiger partial charge in [0.05, 0.1) is 6.04 Å².